The van der Waals surface area contributed by atoms with Crippen molar-refractivity contribution in [3.8, 4) is 0 Å². The minimum atomic E-state index is -0.729. The molecule has 2 N–H and O–H groups in total. The lowest BCUT2D eigenvalue weighted by Crippen LogP contribution is -2.57. The molecule has 0 amide bonds. The number of carbonyl (C=O) groups excluding carboxylic acids is 1. The summed E-state index contributed by atoms with van der Waals surface area (Å²) in [7, 11) is 0. The molecule has 4 fully saturated rings. The Morgan fingerprint density at radius 2 is 1.89 bits per heavy atom. The first kappa shape index (κ1) is 20.4. The fourth-order valence-electron chi connectivity index (χ4n) is 8.44. The Morgan fingerprint density at radius 1 is 1.14 bits per heavy atom. The van der Waals surface area contributed by atoms with Gasteiger partial charge in [0.25, 0.3) is 0 Å². The minimum absolute atomic E-state index is 0.148. The number of aliphatic hydroxyl groups is 1. The molecule has 28 heavy (non-hydrogen) atoms. The van der Waals surface area contributed by atoms with Crippen LogP contribution in [0.1, 0.15) is 85.0 Å². The van der Waals surface area contributed by atoms with Crippen molar-refractivity contribution in [1.29, 1.82) is 0 Å². The van der Waals surface area contributed by atoms with Gasteiger partial charge in [-0.25, -0.2) is 0 Å². The summed E-state index contributed by atoms with van der Waals surface area (Å²) in [6.07, 6.45) is 8.96. The molecule has 4 heteroatoms. The van der Waals surface area contributed by atoms with Crippen molar-refractivity contribution < 1.29 is 19.8 Å². The zero-order chi connectivity index (χ0) is 20.3. The molecule has 9 atom stereocenters. The predicted octanol–water partition coefficient (Wildman–Crippen LogP) is 4.69. The van der Waals surface area contributed by atoms with Crippen LogP contribution in [0.2, 0.25) is 0 Å². The smallest absolute Gasteiger partial charge is 0.303 e. The molecule has 0 aromatic rings. The van der Waals surface area contributed by atoms with Gasteiger partial charge in [0.05, 0.1) is 6.10 Å². The number of carbonyl (C=O) groups is 2. The predicted molar refractivity (Wildman–Crippen MR) is 108 cm³/mol. The SMILES string of the molecule is C[C@H](CCC(=O)O)C1CCC2C3CC[C@@H]4CC(O)CCC4(C)C3CC(=O)C21C. The summed E-state index contributed by atoms with van der Waals surface area (Å²) in [4.78, 5) is 24.7. The highest BCUT2D eigenvalue weighted by Gasteiger charge is 2.63. The Kier molecular flexibility index (Phi) is 5.17. The molecular formula is C24H38O4. The van der Waals surface area contributed by atoms with Gasteiger partial charge in [-0.15, -0.1) is 0 Å². The maximum Gasteiger partial charge on any atom is 0.303 e. The summed E-state index contributed by atoms with van der Waals surface area (Å²) in [5.74, 6) is 2.52. The highest BCUT2D eigenvalue weighted by Crippen LogP contribution is 2.67. The van der Waals surface area contributed by atoms with E-state index in [9.17, 15) is 14.7 Å². The number of aliphatic carboxylic acids is 1. The normalized spacial score (nSPS) is 49.1. The maximum atomic E-state index is 13.6. The van der Waals surface area contributed by atoms with Crippen LogP contribution in [0, 0.1) is 46.3 Å². The summed E-state index contributed by atoms with van der Waals surface area (Å²) in [5, 5.41) is 19.3. The fraction of sp³-hybridized carbons (Fsp3) is 0.917. The van der Waals surface area contributed by atoms with Crippen LogP contribution >= 0.6 is 0 Å². The molecule has 0 spiro atoms. The fourth-order valence-corrected chi connectivity index (χ4v) is 8.44. The molecule has 0 aromatic heterocycles. The zero-order valence-electron chi connectivity index (χ0n) is 17.8. The van der Waals surface area contributed by atoms with E-state index in [2.05, 4.69) is 20.8 Å². The van der Waals surface area contributed by atoms with Crippen molar-refractivity contribution in [3.05, 3.63) is 0 Å². The van der Waals surface area contributed by atoms with Crippen LogP contribution in [0.5, 0.6) is 0 Å². The van der Waals surface area contributed by atoms with Crippen LogP contribution in [0.4, 0.5) is 0 Å². The quantitative estimate of drug-likeness (QED) is 0.730. The number of aliphatic hydroxyl groups excluding tert-OH is 1. The van der Waals surface area contributed by atoms with E-state index in [4.69, 9.17) is 5.11 Å². The first-order valence-electron chi connectivity index (χ1n) is 11.6. The number of carboxylic acids is 1. The third-order valence-electron chi connectivity index (χ3n) is 10.1. The van der Waals surface area contributed by atoms with Gasteiger partial charge in [-0.05, 0) is 92.3 Å². The van der Waals surface area contributed by atoms with Gasteiger partial charge in [0.2, 0.25) is 0 Å². The van der Waals surface area contributed by atoms with Crippen molar-refractivity contribution >= 4 is 11.8 Å². The second-order valence-electron chi connectivity index (χ2n) is 11.1. The Hall–Kier alpha value is -0.900. The molecule has 0 heterocycles. The molecule has 7 unspecified atom stereocenters. The van der Waals surface area contributed by atoms with Crippen molar-refractivity contribution in [2.24, 2.45) is 46.3 Å². The molecule has 4 aliphatic rings. The maximum absolute atomic E-state index is 13.6. The lowest BCUT2D eigenvalue weighted by Gasteiger charge is -2.60. The third kappa shape index (κ3) is 2.97. The van der Waals surface area contributed by atoms with Crippen LogP contribution in [-0.4, -0.2) is 28.1 Å². The number of fused-ring (bicyclic) bond motifs is 5. The van der Waals surface area contributed by atoms with Crippen LogP contribution in [0.15, 0.2) is 0 Å². The van der Waals surface area contributed by atoms with Crippen molar-refractivity contribution in [1.82, 2.24) is 0 Å². The Bertz CT molecular complexity index is 645. The minimum Gasteiger partial charge on any atom is -0.481 e. The molecule has 0 aliphatic heterocycles. The third-order valence-corrected chi connectivity index (χ3v) is 10.1. The average molecular weight is 391 g/mol. The number of Topliss-reactive ketones (excluding diaryl/α,β-unsaturated/α-hetero) is 1. The van der Waals surface area contributed by atoms with Crippen LogP contribution < -0.4 is 0 Å². The molecule has 0 radical (unpaired) electrons. The molecule has 4 rings (SSSR count). The summed E-state index contributed by atoms with van der Waals surface area (Å²) in [6, 6.07) is 0. The van der Waals surface area contributed by atoms with Crippen LogP contribution in [0.3, 0.4) is 0 Å². The van der Waals surface area contributed by atoms with Gasteiger partial charge in [0.1, 0.15) is 5.78 Å². The van der Waals surface area contributed by atoms with Crippen LogP contribution in [-0.2, 0) is 9.59 Å². The van der Waals surface area contributed by atoms with E-state index in [0.717, 1.165) is 32.1 Å². The zero-order valence-corrected chi connectivity index (χ0v) is 17.8. The summed E-state index contributed by atoms with van der Waals surface area (Å²) >= 11 is 0. The number of carboxylic acid groups (broad SMARTS) is 1. The van der Waals surface area contributed by atoms with E-state index >= 15 is 0 Å². The molecule has 4 saturated carbocycles. The monoisotopic (exact) mass is 390 g/mol. The number of rotatable bonds is 4. The molecule has 4 aliphatic carbocycles. The molecule has 0 bridgehead atoms. The summed E-state index contributed by atoms with van der Waals surface area (Å²) in [6.45, 7) is 6.81. The largest absolute Gasteiger partial charge is 0.481 e. The van der Waals surface area contributed by atoms with E-state index in [-0.39, 0.29) is 23.4 Å². The highest BCUT2D eigenvalue weighted by atomic mass is 16.4. The van der Waals surface area contributed by atoms with Gasteiger partial charge in [-0.3, -0.25) is 9.59 Å². The second-order valence-corrected chi connectivity index (χ2v) is 11.1. The van der Waals surface area contributed by atoms with E-state index in [1.807, 2.05) is 0 Å². The first-order valence-corrected chi connectivity index (χ1v) is 11.6. The van der Waals surface area contributed by atoms with Crippen molar-refractivity contribution in [2.75, 3.05) is 0 Å². The van der Waals surface area contributed by atoms with Crippen molar-refractivity contribution in [3.63, 3.8) is 0 Å². The average Bonchev–Trinajstić information content (AvgIpc) is 3.00. The lowest BCUT2D eigenvalue weighted by molar-refractivity contribution is -0.160. The van der Waals surface area contributed by atoms with E-state index < -0.39 is 5.97 Å². The van der Waals surface area contributed by atoms with Gasteiger partial charge in [0.15, 0.2) is 0 Å². The first-order chi connectivity index (χ1) is 13.2. The molecule has 4 nitrogen and oxygen atoms in total. The van der Waals surface area contributed by atoms with Gasteiger partial charge in [-0.1, -0.05) is 20.8 Å². The second kappa shape index (κ2) is 7.11. The standard InChI is InChI=1S/C24H38O4/c1-14(4-9-22(27)28)18-7-8-19-17-6-5-15-12-16(25)10-11-23(15,2)20(17)13-21(26)24(18,19)3/h14-20,25H,4-13H2,1-3H3,(H,27,28)/t14-,15-,16?,17?,18?,19?,20?,23?,24?/m1/s1. The topological polar surface area (TPSA) is 74.6 Å². The molecule has 0 aromatic carbocycles. The van der Waals surface area contributed by atoms with Gasteiger partial charge < -0.3 is 10.2 Å². The number of ketones is 1. The van der Waals surface area contributed by atoms with Gasteiger partial charge >= 0.3 is 5.97 Å². The number of hydrogen-bond donors (Lipinski definition) is 2. The summed E-state index contributed by atoms with van der Waals surface area (Å²) in [5.41, 5.74) is -0.0391. The molecular weight excluding hydrogens is 352 g/mol. The van der Waals surface area contributed by atoms with E-state index in [0.29, 0.717) is 54.1 Å². The molecule has 158 valence electrons. The van der Waals surface area contributed by atoms with Gasteiger partial charge in [-0.2, -0.15) is 0 Å². The highest BCUT2D eigenvalue weighted by molar-refractivity contribution is 5.87. The van der Waals surface area contributed by atoms with Crippen LogP contribution in [0.25, 0.3) is 0 Å². The molecule has 0 saturated heterocycles. The Morgan fingerprint density at radius 3 is 2.61 bits per heavy atom. The van der Waals surface area contributed by atoms with Gasteiger partial charge in [0, 0.05) is 18.3 Å². The summed E-state index contributed by atoms with van der Waals surface area (Å²) < 4.78 is 0. The number of hydrogen-bond acceptors (Lipinski definition) is 3. The van der Waals surface area contributed by atoms with E-state index in [1.165, 1.54) is 12.8 Å². The van der Waals surface area contributed by atoms with E-state index in [1.54, 1.807) is 0 Å². The Balaban J connectivity index is 1.57. The lowest BCUT2D eigenvalue weighted by atomic mass is 9.44. The van der Waals surface area contributed by atoms with Crippen molar-refractivity contribution in [2.45, 2.75) is 91.1 Å². The Labute approximate surface area is 169 Å².